The molecule has 0 bridgehead atoms. The maximum atomic E-state index is 15.4. The molecule has 210 valence electrons. The summed E-state index contributed by atoms with van der Waals surface area (Å²) in [5, 5.41) is 0. The average molecular weight is 648 g/mol. The van der Waals surface area contributed by atoms with Crippen molar-refractivity contribution >= 4 is 31.5 Å². The zero-order valence-corrected chi connectivity index (χ0v) is 21.1. The summed E-state index contributed by atoms with van der Waals surface area (Å²) in [7, 11) is 0. The molecule has 16 heteroatoms. The van der Waals surface area contributed by atoms with Crippen LogP contribution in [0.4, 0.5) is 65.9 Å². The van der Waals surface area contributed by atoms with Crippen molar-refractivity contribution in [2.45, 2.75) is 0 Å². The third-order valence-corrected chi connectivity index (χ3v) is 17.9. The first kappa shape index (κ1) is 29.4. The summed E-state index contributed by atoms with van der Waals surface area (Å²) in [5.41, 5.74) is 0. The van der Waals surface area contributed by atoms with Gasteiger partial charge >= 0.3 is 215 Å². The predicted molar refractivity (Wildman–Crippen MR) is 109 cm³/mol. The van der Waals surface area contributed by atoms with Crippen LogP contribution in [0.15, 0.2) is 30.3 Å². The number of hydrogen-bond acceptors (Lipinski definition) is 0. The van der Waals surface area contributed by atoms with E-state index in [0.29, 0.717) is 12.1 Å². The van der Waals surface area contributed by atoms with E-state index in [1.54, 1.807) is 0 Å². The normalized spacial score (nSPS) is 11.9. The van der Waals surface area contributed by atoms with E-state index >= 15 is 26.3 Å². The van der Waals surface area contributed by atoms with Crippen LogP contribution in [0.1, 0.15) is 0 Å². The van der Waals surface area contributed by atoms with Crippen LogP contribution in [-0.4, -0.2) is 15.0 Å². The molecule has 0 N–H and O–H groups in total. The molecular weight excluding hydrogens is 643 g/mol. The van der Waals surface area contributed by atoms with E-state index in [-0.39, 0.29) is 0 Å². The molecule has 0 radical (unpaired) electrons. The van der Waals surface area contributed by atoms with Gasteiger partial charge in [0.1, 0.15) is 0 Å². The molecule has 0 heterocycles. The van der Waals surface area contributed by atoms with E-state index in [2.05, 4.69) is 0 Å². The zero-order valence-electron chi connectivity index (χ0n) is 18.6. The third-order valence-electron chi connectivity index (χ3n) is 6.33. The molecule has 0 atom stereocenters. The average Bonchev–Trinajstić information content (AvgIpc) is 2.95. The molecule has 0 aliphatic heterocycles. The SMILES string of the molecule is Fc1c(F)c(F)[c]([Ga-]([c]2ccccc2)([c]2c(F)c(F)c(F)c(F)c2F)[c]2c(F)c(F)c(F)c(F)c2F)c(F)c1F. The molecule has 0 aliphatic rings. The topological polar surface area (TPSA) is 0 Å². The van der Waals surface area contributed by atoms with Gasteiger partial charge in [-0.3, -0.25) is 0 Å². The Morgan fingerprint density at radius 2 is 0.475 bits per heavy atom. The van der Waals surface area contributed by atoms with Gasteiger partial charge < -0.3 is 0 Å². The molecule has 0 amide bonds. The van der Waals surface area contributed by atoms with Gasteiger partial charge in [-0.25, -0.2) is 0 Å². The van der Waals surface area contributed by atoms with Crippen LogP contribution in [0.5, 0.6) is 0 Å². The monoisotopic (exact) mass is 647 g/mol. The van der Waals surface area contributed by atoms with E-state index < -0.39 is 119 Å². The van der Waals surface area contributed by atoms with Crippen LogP contribution < -0.4 is 16.5 Å². The number of rotatable bonds is 4. The minimum absolute atomic E-state index is 0.459. The van der Waals surface area contributed by atoms with Crippen molar-refractivity contribution in [1.82, 2.24) is 0 Å². The summed E-state index contributed by atoms with van der Waals surface area (Å²) in [4.78, 5) is 0. The van der Waals surface area contributed by atoms with Gasteiger partial charge in [-0.2, -0.15) is 0 Å². The van der Waals surface area contributed by atoms with Crippen molar-refractivity contribution in [2.24, 2.45) is 0 Å². The Bertz CT molecular complexity index is 1450. The van der Waals surface area contributed by atoms with Crippen LogP contribution >= 0.6 is 0 Å². The Hall–Kier alpha value is -3.53. The summed E-state index contributed by atoms with van der Waals surface area (Å²) < 4.78 is 212. The van der Waals surface area contributed by atoms with Crippen molar-refractivity contribution in [1.29, 1.82) is 0 Å². The Morgan fingerprint density at radius 3 is 0.700 bits per heavy atom. The zero-order chi connectivity index (χ0) is 30.0. The van der Waals surface area contributed by atoms with E-state index in [1.165, 1.54) is 0 Å². The van der Waals surface area contributed by atoms with Crippen LogP contribution in [0, 0.1) is 87.3 Å². The molecule has 0 saturated carbocycles. The quantitative estimate of drug-likeness (QED) is 0.125. The number of benzene rings is 4. The van der Waals surface area contributed by atoms with Gasteiger partial charge in [0.2, 0.25) is 0 Å². The van der Waals surface area contributed by atoms with E-state index in [4.69, 9.17) is 0 Å². The second-order valence-corrected chi connectivity index (χ2v) is 16.9. The van der Waals surface area contributed by atoms with Gasteiger partial charge in [-0.05, 0) is 0 Å². The minimum atomic E-state index is -8.11. The van der Waals surface area contributed by atoms with Gasteiger partial charge in [0.15, 0.2) is 0 Å². The van der Waals surface area contributed by atoms with Crippen molar-refractivity contribution in [3.05, 3.63) is 118 Å². The van der Waals surface area contributed by atoms with Crippen molar-refractivity contribution < 1.29 is 65.9 Å². The molecule has 4 rings (SSSR count). The van der Waals surface area contributed by atoms with Crippen LogP contribution in [-0.2, 0) is 0 Å². The number of halogens is 15. The molecule has 40 heavy (non-hydrogen) atoms. The van der Waals surface area contributed by atoms with E-state index in [0.717, 1.165) is 18.2 Å². The fourth-order valence-electron chi connectivity index (χ4n) is 4.68. The molecule has 4 aromatic carbocycles. The fraction of sp³-hybridized carbons (Fsp3) is 0. The van der Waals surface area contributed by atoms with Crippen molar-refractivity contribution in [2.75, 3.05) is 0 Å². The Labute approximate surface area is 215 Å². The second-order valence-electron chi connectivity index (χ2n) is 8.23. The molecular formula is C24H5F15Ga-. The van der Waals surface area contributed by atoms with Gasteiger partial charge in [-0.15, -0.1) is 0 Å². The Morgan fingerprint density at radius 1 is 0.275 bits per heavy atom. The van der Waals surface area contributed by atoms with Crippen molar-refractivity contribution in [3.63, 3.8) is 0 Å². The first-order valence-corrected chi connectivity index (χ1v) is 15.2. The standard InChI is InChI=1S/3C6F5.C6H5.Ga/c3*7-2-1-3(8)5(10)6(11)4(2)9;1-2-4-6-5-3-1;/h;;;1-5H;/q;;;;-1. The summed E-state index contributed by atoms with van der Waals surface area (Å²) >= 11 is -8.11. The Kier molecular flexibility index (Phi) is 7.46. The van der Waals surface area contributed by atoms with E-state index in [9.17, 15) is 39.5 Å². The third kappa shape index (κ3) is 3.82. The van der Waals surface area contributed by atoms with Gasteiger partial charge in [-0.1, -0.05) is 0 Å². The molecule has 0 aromatic heterocycles. The number of hydrogen-bond donors (Lipinski definition) is 0. The first-order chi connectivity index (χ1) is 18.6. The first-order valence-electron chi connectivity index (χ1n) is 10.4. The van der Waals surface area contributed by atoms with Crippen molar-refractivity contribution in [3.8, 4) is 0 Å². The predicted octanol–water partition coefficient (Wildman–Crippen LogP) is 5.15. The fourth-order valence-corrected chi connectivity index (χ4v) is 16.7. The maximum absolute atomic E-state index is 15.4. The molecule has 0 spiro atoms. The molecule has 0 nitrogen and oxygen atoms in total. The molecule has 4 aromatic rings. The van der Waals surface area contributed by atoms with Crippen LogP contribution in [0.2, 0.25) is 0 Å². The molecule has 0 fully saturated rings. The molecule has 0 saturated heterocycles. The van der Waals surface area contributed by atoms with Crippen LogP contribution in [0.25, 0.3) is 0 Å². The summed E-state index contributed by atoms with van der Waals surface area (Å²) in [6.45, 7) is 0. The second kappa shape index (κ2) is 10.1. The van der Waals surface area contributed by atoms with Gasteiger partial charge in [0, 0.05) is 0 Å². The van der Waals surface area contributed by atoms with Gasteiger partial charge in [0.25, 0.3) is 0 Å². The van der Waals surface area contributed by atoms with Crippen LogP contribution in [0.3, 0.4) is 0 Å². The van der Waals surface area contributed by atoms with E-state index in [1.807, 2.05) is 0 Å². The van der Waals surface area contributed by atoms with Gasteiger partial charge in [0.05, 0.1) is 0 Å². The summed E-state index contributed by atoms with van der Waals surface area (Å²) in [6.07, 6.45) is 0. The summed E-state index contributed by atoms with van der Waals surface area (Å²) in [6, 6.07) is 3.46. The summed E-state index contributed by atoms with van der Waals surface area (Å²) in [5.74, 6) is -44.8. The Balaban J connectivity index is 2.55. The molecule has 0 aliphatic carbocycles. The molecule has 0 unspecified atom stereocenters.